The lowest BCUT2D eigenvalue weighted by Gasteiger charge is -2.36. The van der Waals surface area contributed by atoms with Gasteiger partial charge in [-0.25, -0.2) is 18.6 Å². The van der Waals surface area contributed by atoms with Crippen LogP contribution in [-0.2, 0) is 14.3 Å². The van der Waals surface area contributed by atoms with Crippen LogP contribution in [0.15, 0.2) is 12.1 Å². The SMILES string of the molecule is CC(=O)N(C)C[C@H]1CN(c2cc(F)c(N3CCN4CCCC(=O)N4CC3)c(F)c2)C(=O)O1. The quantitative estimate of drug-likeness (QED) is 0.690. The number of fused-ring (bicyclic) bond motifs is 1. The molecular formula is C21H27F2N5O4. The third-order valence-corrected chi connectivity index (χ3v) is 6.16. The molecule has 3 aliphatic rings. The lowest BCUT2D eigenvalue weighted by atomic mass is 10.2. The second-order valence-electron chi connectivity index (χ2n) is 8.34. The molecule has 9 nitrogen and oxygen atoms in total. The Morgan fingerprint density at radius 1 is 1.12 bits per heavy atom. The first-order valence-corrected chi connectivity index (χ1v) is 10.7. The second kappa shape index (κ2) is 8.89. The Hall–Kier alpha value is -2.95. The van der Waals surface area contributed by atoms with Crippen LogP contribution in [0.2, 0.25) is 0 Å². The lowest BCUT2D eigenvalue weighted by Crippen LogP contribution is -2.50. The Morgan fingerprint density at radius 2 is 1.81 bits per heavy atom. The van der Waals surface area contributed by atoms with E-state index in [4.69, 9.17) is 4.74 Å². The molecule has 3 fully saturated rings. The number of hydrogen-bond acceptors (Lipinski definition) is 6. The number of hydrazine groups is 1. The number of carbonyl (C=O) groups excluding carboxylic acids is 3. The van der Waals surface area contributed by atoms with Gasteiger partial charge in [-0.05, 0) is 6.42 Å². The van der Waals surface area contributed by atoms with Crippen molar-refractivity contribution in [1.29, 1.82) is 0 Å². The van der Waals surface area contributed by atoms with E-state index in [0.29, 0.717) is 32.6 Å². The average Bonchev–Trinajstić information content (AvgIpc) is 2.95. The van der Waals surface area contributed by atoms with Crippen molar-refractivity contribution in [3.05, 3.63) is 23.8 Å². The van der Waals surface area contributed by atoms with E-state index in [1.807, 2.05) is 5.01 Å². The van der Waals surface area contributed by atoms with Gasteiger partial charge in [-0.1, -0.05) is 0 Å². The smallest absolute Gasteiger partial charge is 0.414 e. The molecule has 0 N–H and O–H groups in total. The van der Waals surface area contributed by atoms with Gasteiger partial charge in [0.15, 0.2) is 11.6 Å². The van der Waals surface area contributed by atoms with Gasteiger partial charge in [0.2, 0.25) is 11.8 Å². The number of halogens is 2. The number of ether oxygens (including phenoxy) is 1. The van der Waals surface area contributed by atoms with Crippen LogP contribution < -0.4 is 9.80 Å². The number of likely N-dealkylation sites (N-methyl/N-ethyl adjacent to an activating group) is 1. The van der Waals surface area contributed by atoms with Gasteiger partial charge in [0.05, 0.1) is 25.3 Å². The van der Waals surface area contributed by atoms with Crippen molar-refractivity contribution in [2.24, 2.45) is 0 Å². The molecule has 3 heterocycles. The van der Waals surface area contributed by atoms with Gasteiger partial charge in [0, 0.05) is 58.7 Å². The molecule has 0 spiro atoms. The van der Waals surface area contributed by atoms with Gasteiger partial charge in [-0.2, -0.15) is 0 Å². The molecule has 1 aromatic rings. The summed E-state index contributed by atoms with van der Waals surface area (Å²) in [4.78, 5) is 40.0. The number of hydrogen-bond donors (Lipinski definition) is 0. The maximum Gasteiger partial charge on any atom is 0.414 e. The highest BCUT2D eigenvalue weighted by Gasteiger charge is 2.35. The molecule has 3 aliphatic heterocycles. The van der Waals surface area contributed by atoms with E-state index >= 15 is 8.78 Å². The third kappa shape index (κ3) is 4.34. The topological polar surface area (TPSA) is 76.6 Å². The van der Waals surface area contributed by atoms with E-state index in [1.165, 1.54) is 16.7 Å². The van der Waals surface area contributed by atoms with Gasteiger partial charge in [0.1, 0.15) is 11.8 Å². The Balaban J connectivity index is 1.49. The summed E-state index contributed by atoms with van der Waals surface area (Å²) >= 11 is 0. The molecule has 32 heavy (non-hydrogen) atoms. The minimum Gasteiger partial charge on any atom is -0.442 e. The normalized spacial score (nSPS) is 22.0. The number of carbonyl (C=O) groups is 3. The summed E-state index contributed by atoms with van der Waals surface area (Å²) in [6.07, 6.45) is -0.0291. The van der Waals surface area contributed by atoms with Crippen molar-refractivity contribution >= 4 is 29.3 Å². The van der Waals surface area contributed by atoms with Crippen molar-refractivity contribution < 1.29 is 27.9 Å². The zero-order valence-electron chi connectivity index (χ0n) is 18.2. The monoisotopic (exact) mass is 451 g/mol. The molecule has 0 aliphatic carbocycles. The minimum absolute atomic E-state index is 0.0342. The van der Waals surface area contributed by atoms with Gasteiger partial charge in [0.25, 0.3) is 0 Å². The molecule has 0 aromatic heterocycles. The fraction of sp³-hybridized carbons (Fsp3) is 0.571. The fourth-order valence-electron chi connectivity index (χ4n) is 4.38. The molecule has 4 rings (SSSR count). The summed E-state index contributed by atoms with van der Waals surface area (Å²) in [7, 11) is 1.59. The van der Waals surface area contributed by atoms with Crippen LogP contribution in [0.4, 0.5) is 25.0 Å². The lowest BCUT2D eigenvalue weighted by molar-refractivity contribution is -0.153. The fourth-order valence-corrected chi connectivity index (χ4v) is 4.38. The van der Waals surface area contributed by atoms with Gasteiger partial charge in [-0.3, -0.25) is 19.5 Å². The first kappa shape index (κ1) is 22.3. The zero-order valence-corrected chi connectivity index (χ0v) is 18.2. The van der Waals surface area contributed by atoms with Crippen molar-refractivity contribution in [2.45, 2.75) is 25.9 Å². The standard InChI is InChI=1S/C21H27F2N5O4/c1-14(29)24(2)12-16-13-27(21(31)32-16)15-10-17(22)20(18(23)11-15)25-6-8-26-5-3-4-19(30)28(26)9-7-25/h10-11,16H,3-9,12-13H2,1-2H3/t16-/m0/s1. The van der Waals surface area contributed by atoms with Crippen LogP contribution in [-0.4, -0.2) is 91.8 Å². The summed E-state index contributed by atoms with van der Waals surface area (Å²) in [6.45, 7) is 3.98. The number of cyclic esters (lactones) is 1. The minimum atomic E-state index is -0.779. The van der Waals surface area contributed by atoms with Crippen LogP contribution in [0.5, 0.6) is 0 Å². The molecule has 0 bridgehead atoms. The highest BCUT2D eigenvalue weighted by molar-refractivity contribution is 5.90. The Bertz CT molecular complexity index is 906. The van der Waals surface area contributed by atoms with E-state index in [0.717, 1.165) is 25.1 Å². The molecule has 174 valence electrons. The van der Waals surface area contributed by atoms with Crippen molar-refractivity contribution in [3.63, 3.8) is 0 Å². The van der Waals surface area contributed by atoms with Crippen molar-refractivity contribution in [2.75, 3.05) is 62.7 Å². The highest BCUT2D eigenvalue weighted by atomic mass is 19.1. The number of anilines is 2. The van der Waals surface area contributed by atoms with Crippen molar-refractivity contribution in [3.8, 4) is 0 Å². The average molecular weight is 451 g/mol. The molecule has 0 radical (unpaired) electrons. The van der Waals surface area contributed by atoms with Crippen LogP contribution in [0.25, 0.3) is 0 Å². The number of nitrogens with zero attached hydrogens (tertiary/aromatic N) is 5. The van der Waals surface area contributed by atoms with Crippen LogP contribution in [0.3, 0.4) is 0 Å². The number of amides is 3. The summed E-state index contributed by atoms with van der Waals surface area (Å²) in [5, 5.41) is 3.61. The van der Waals surface area contributed by atoms with Crippen LogP contribution >= 0.6 is 0 Å². The third-order valence-electron chi connectivity index (χ3n) is 6.16. The predicted octanol–water partition coefficient (Wildman–Crippen LogP) is 1.43. The van der Waals surface area contributed by atoms with E-state index in [2.05, 4.69) is 0 Å². The number of benzene rings is 1. The molecule has 11 heteroatoms. The first-order valence-electron chi connectivity index (χ1n) is 10.7. The Kier molecular flexibility index (Phi) is 6.18. The molecular weight excluding hydrogens is 424 g/mol. The van der Waals surface area contributed by atoms with Gasteiger partial charge < -0.3 is 14.5 Å². The van der Waals surface area contributed by atoms with Gasteiger partial charge in [-0.15, -0.1) is 0 Å². The summed E-state index contributed by atoms with van der Waals surface area (Å²) in [6, 6.07) is 2.25. The van der Waals surface area contributed by atoms with E-state index in [1.54, 1.807) is 17.0 Å². The Labute approximate surface area is 185 Å². The van der Waals surface area contributed by atoms with Crippen LogP contribution in [0, 0.1) is 11.6 Å². The van der Waals surface area contributed by atoms with E-state index < -0.39 is 23.8 Å². The van der Waals surface area contributed by atoms with E-state index in [9.17, 15) is 14.4 Å². The maximum absolute atomic E-state index is 15.1. The maximum atomic E-state index is 15.1. The largest absolute Gasteiger partial charge is 0.442 e. The first-order chi connectivity index (χ1) is 15.2. The second-order valence-corrected chi connectivity index (χ2v) is 8.34. The molecule has 3 amide bonds. The summed E-state index contributed by atoms with van der Waals surface area (Å²) in [5.74, 6) is -1.70. The van der Waals surface area contributed by atoms with Crippen molar-refractivity contribution in [1.82, 2.24) is 14.9 Å². The molecule has 1 atom stereocenters. The van der Waals surface area contributed by atoms with E-state index in [-0.39, 0.29) is 36.3 Å². The van der Waals surface area contributed by atoms with Crippen LogP contribution in [0.1, 0.15) is 19.8 Å². The number of rotatable bonds is 4. The van der Waals surface area contributed by atoms with Gasteiger partial charge >= 0.3 is 6.09 Å². The summed E-state index contributed by atoms with van der Waals surface area (Å²) in [5.41, 5.74) is -0.101. The summed E-state index contributed by atoms with van der Waals surface area (Å²) < 4.78 is 35.4. The molecule has 0 saturated carbocycles. The molecule has 0 unspecified atom stereocenters. The molecule has 3 saturated heterocycles. The Morgan fingerprint density at radius 3 is 2.50 bits per heavy atom. The highest BCUT2D eigenvalue weighted by Crippen LogP contribution is 2.32. The predicted molar refractivity (Wildman–Crippen MR) is 112 cm³/mol. The zero-order chi connectivity index (χ0) is 23.0. The molecule has 1 aromatic carbocycles.